The minimum absolute atomic E-state index is 0.0646. The van der Waals surface area contributed by atoms with Crippen LogP contribution in [0, 0.1) is 11.6 Å². The number of hydrogen-bond acceptors (Lipinski definition) is 3. The van der Waals surface area contributed by atoms with Crippen molar-refractivity contribution in [1.82, 2.24) is 10.6 Å². The van der Waals surface area contributed by atoms with Crippen LogP contribution < -0.4 is 10.6 Å². The van der Waals surface area contributed by atoms with Crippen LogP contribution in [0.5, 0.6) is 0 Å². The predicted octanol–water partition coefficient (Wildman–Crippen LogP) is 6.00. The van der Waals surface area contributed by atoms with E-state index in [1.165, 1.54) is 12.1 Å². The number of benzene rings is 3. The Morgan fingerprint density at radius 2 is 1.44 bits per heavy atom. The van der Waals surface area contributed by atoms with E-state index in [1.54, 1.807) is 30.3 Å². The lowest BCUT2D eigenvalue weighted by atomic mass is 9.77. The molecule has 3 rings (SSSR count). The Bertz CT molecular complexity index is 1350. The molecule has 0 aromatic heterocycles. The van der Waals surface area contributed by atoms with Gasteiger partial charge in [-0.25, -0.2) is 27.2 Å². The van der Waals surface area contributed by atoms with Crippen molar-refractivity contribution in [2.45, 2.75) is 36.7 Å². The molecule has 0 spiro atoms. The highest BCUT2D eigenvalue weighted by molar-refractivity contribution is 5.80. The summed E-state index contributed by atoms with van der Waals surface area (Å²) in [6, 6.07) is 13.6. The van der Waals surface area contributed by atoms with Gasteiger partial charge in [0.2, 0.25) is 0 Å². The first kappa shape index (κ1) is 31.4. The molecule has 0 unspecified atom stereocenters. The first-order valence-electron chi connectivity index (χ1n) is 12.0. The second-order valence-corrected chi connectivity index (χ2v) is 9.16. The van der Waals surface area contributed by atoms with Crippen molar-refractivity contribution in [3.8, 4) is 0 Å². The van der Waals surface area contributed by atoms with Crippen LogP contribution in [-0.2, 0) is 27.9 Å². The molecular weight excluding hydrogens is 564 g/mol. The number of methoxy groups -OCH3 is 1. The Morgan fingerprint density at radius 3 is 2.02 bits per heavy atom. The zero-order valence-electron chi connectivity index (χ0n) is 21.4. The summed E-state index contributed by atoms with van der Waals surface area (Å²) in [5.74, 6) is -12.4. The lowest BCUT2D eigenvalue weighted by Crippen LogP contribution is -2.54. The van der Waals surface area contributed by atoms with E-state index >= 15 is 0 Å². The van der Waals surface area contributed by atoms with Crippen LogP contribution in [0.25, 0.3) is 0 Å². The Balaban J connectivity index is 2.18. The van der Waals surface area contributed by atoms with E-state index in [1.807, 2.05) is 5.32 Å². The molecule has 0 heterocycles. The third-order valence-corrected chi connectivity index (χ3v) is 6.14. The fourth-order valence-corrected chi connectivity index (χ4v) is 4.19. The van der Waals surface area contributed by atoms with Gasteiger partial charge < -0.3 is 15.4 Å². The van der Waals surface area contributed by atoms with Gasteiger partial charge in [0.05, 0.1) is 19.2 Å². The molecule has 0 aliphatic carbocycles. The topological polar surface area (TPSA) is 67.4 Å². The normalized spacial score (nSPS) is 13.4. The van der Waals surface area contributed by atoms with Gasteiger partial charge in [0.1, 0.15) is 11.6 Å². The molecule has 3 aromatic carbocycles. The third kappa shape index (κ3) is 7.74. The molecule has 41 heavy (non-hydrogen) atoms. The van der Waals surface area contributed by atoms with Crippen LogP contribution >= 0.6 is 0 Å². The lowest BCUT2D eigenvalue weighted by Gasteiger charge is -2.37. The molecular formula is C28H24F8N2O3. The van der Waals surface area contributed by atoms with Gasteiger partial charge in [-0.1, -0.05) is 48.5 Å². The van der Waals surface area contributed by atoms with E-state index in [4.69, 9.17) is 0 Å². The molecule has 3 aromatic rings. The van der Waals surface area contributed by atoms with Crippen molar-refractivity contribution in [3.63, 3.8) is 0 Å². The van der Waals surface area contributed by atoms with Crippen molar-refractivity contribution < 1.29 is 49.4 Å². The molecule has 2 amide bonds. The van der Waals surface area contributed by atoms with E-state index in [0.29, 0.717) is 11.6 Å². The molecule has 0 saturated carbocycles. The van der Waals surface area contributed by atoms with E-state index in [2.05, 4.69) is 10.1 Å². The third-order valence-electron chi connectivity index (χ3n) is 6.14. The van der Waals surface area contributed by atoms with Crippen molar-refractivity contribution in [3.05, 3.63) is 107 Å². The van der Waals surface area contributed by atoms with Gasteiger partial charge in [0.15, 0.2) is 0 Å². The number of carbonyl (C=O) groups excluding carboxylic acids is 2. The summed E-state index contributed by atoms with van der Waals surface area (Å²) in [5.41, 5.74) is -2.20. The van der Waals surface area contributed by atoms with Gasteiger partial charge in [0, 0.05) is 12.8 Å². The maximum absolute atomic E-state index is 14.9. The van der Waals surface area contributed by atoms with E-state index < -0.39 is 66.0 Å². The Morgan fingerprint density at radius 1 is 0.805 bits per heavy atom. The highest BCUT2D eigenvalue weighted by Gasteiger charge is 2.43. The number of urea groups is 1. The molecule has 0 aliphatic heterocycles. The number of carbonyl (C=O) groups is 2. The molecule has 220 valence electrons. The molecule has 5 nitrogen and oxygen atoms in total. The first-order valence-corrected chi connectivity index (χ1v) is 12.0. The maximum atomic E-state index is 14.9. The maximum Gasteiger partial charge on any atom is 0.378 e. The van der Waals surface area contributed by atoms with Gasteiger partial charge in [-0.3, -0.25) is 0 Å². The van der Waals surface area contributed by atoms with Crippen molar-refractivity contribution in [2.24, 2.45) is 0 Å². The zero-order chi connectivity index (χ0) is 30.4. The lowest BCUT2D eigenvalue weighted by molar-refractivity contribution is -0.167. The number of alkyl halides is 6. The monoisotopic (exact) mass is 588 g/mol. The van der Waals surface area contributed by atoms with E-state index in [0.717, 1.165) is 31.4 Å². The van der Waals surface area contributed by atoms with Crippen LogP contribution in [-0.4, -0.2) is 43.9 Å². The molecule has 13 heteroatoms. The van der Waals surface area contributed by atoms with Crippen molar-refractivity contribution in [2.75, 3.05) is 13.7 Å². The molecule has 0 bridgehead atoms. The first-order chi connectivity index (χ1) is 19.2. The van der Waals surface area contributed by atoms with Crippen LogP contribution in [0.2, 0.25) is 0 Å². The van der Waals surface area contributed by atoms with E-state index in [-0.39, 0.29) is 17.5 Å². The second kappa shape index (κ2) is 12.6. The van der Waals surface area contributed by atoms with Crippen LogP contribution in [0.4, 0.5) is 39.9 Å². The number of hydrogen-bond donors (Lipinski definition) is 2. The average Bonchev–Trinajstić information content (AvgIpc) is 2.91. The summed E-state index contributed by atoms with van der Waals surface area (Å²) in [7, 11) is 0.717. The minimum Gasteiger partial charge on any atom is -0.465 e. The molecule has 0 saturated heterocycles. The summed E-state index contributed by atoms with van der Waals surface area (Å²) in [4.78, 5) is 24.4. The van der Waals surface area contributed by atoms with Crippen molar-refractivity contribution >= 4 is 12.0 Å². The largest absolute Gasteiger partial charge is 0.465 e. The quantitative estimate of drug-likeness (QED) is 0.213. The van der Waals surface area contributed by atoms with Crippen LogP contribution in [0.15, 0.2) is 72.8 Å². The number of amides is 2. The average molecular weight is 588 g/mol. The van der Waals surface area contributed by atoms with Gasteiger partial charge in [-0.05, 0) is 46.5 Å². The van der Waals surface area contributed by atoms with Crippen LogP contribution in [0.1, 0.15) is 22.3 Å². The molecule has 1 atom stereocenters. The Hall–Kier alpha value is -4.16. The summed E-state index contributed by atoms with van der Waals surface area (Å²) >= 11 is 0. The van der Waals surface area contributed by atoms with Gasteiger partial charge in [-0.15, -0.1) is 0 Å². The number of halogens is 8. The Kier molecular flexibility index (Phi) is 9.61. The summed E-state index contributed by atoms with van der Waals surface area (Å²) < 4.78 is 114. The number of ether oxygens (including phenoxy) is 1. The second-order valence-electron chi connectivity index (χ2n) is 9.16. The predicted molar refractivity (Wildman–Crippen MR) is 132 cm³/mol. The molecule has 0 radical (unpaired) electrons. The minimum atomic E-state index is -4.52. The SMILES string of the molecule is COC(=O)C(F)(F)CNC(=O)N[C@](Cc1ccccc1)(c1ccc(F)cc1)c1cc(F)cc(CC(F)(F)C(F)F)c1. The standard InChI is InChI=1S/C28H24F8N2O3/c1-41-24(39)28(35,36)16-37-25(40)38-26(14-17-5-3-2-4-6-17,19-7-9-21(29)10-8-19)20-11-18(12-22(30)13-20)15-27(33,34)23(31)32/h2-13,23H,14-16H2,1H3,(H2,37,38,40)/t26-/m1/s1. The fourth-order valence-electron chi connectivity index (χ4n) is 4.19. The molecule has 2 N–H and O–H groups in total. The smallest absolute Gasteiger partial charge is 0.378 e. The number of nitrogens with one attached hydrogen (secondary N) is 2. The van der Waals surface area contributed by atoms with Crippen LogP contribution in [0.3, 0.4) is 0 Å². The van der Waals surface area contributed by atoms with Gasteiger partial charge in [0.25, 0.3) is 0 Å². The highest BCUT2D eigenvalue weighted by Crippen LogP contribution is 2.36. The highest BCUT2D eigenvalue weighted by atomic mass is 19.3. The number of esters is 1. The van der Waals surface area contributed by atoms with E-state index in [9.17, 15) is 44.7 Å². The zero-order valence-corrected chi connectivity index (χ0v) is 21.4. The van der Waals surface area contributed by atoms with Gasteiger partial charge in [-0.2, -0.15) is 17.6 Å². The van der Waals surface area contributed by atoms with Crippen molar-refractivity contribution in [1.29, 1.82) is 0 Å². The fraction of sp³-hybridized carbons (Fsp3) is 0.286. The molecule has 0 fully saturated rings. The summed E-state index contributed by atoms with van der Waals surface area (Å²) in [6.45, 7) is -1.51. The number of rotatable bonds is 11. The molecule has 0 aliphatic rings. The summed E-state index contributed by atoms with van der Waals surface area (Å²) in [6.07, 6.45) is -5.87. The summed E-state index contributed by atoms with van der Waals surface area (Å²) in [5, 5.41) is 4.27. The Labute approximate surface area is 229 Å². The van der Waals surface area contributed by atoms with Gasteiger partial charge >= 0.3 is 30.3 Å².